The minimum Gasteiger partial charge on any atom is -0.326 e. The Balaban J connectivity index is 1.35. The minimum atomic E-state index is -0.427. The number of anilines is 2. The van der Waals surface area contributed by atoms with Gasteiger partial charge in [-0.25, -0.2) is 0 Å². The predicted molar refractivity (Wildman–Crippen MR) is 103 cm³/mol. The van der Waals surface area contributed by atoms with Crippen LogP contribution in [0, 0.1) is 18.3 Å². The van der Waals surface area contributed by atoms with Gasteiger partial charge in [-0.2, -0.15) is 10.2 Å². The lowest BCUT2D eigenvalue weighted by Gasteiger charge is -2.30. The Morgan fingerprint density at radius 2 is 2.11 bits per heavy atom. The number of carbonyl (C=O) groups excluding carboxylic acids is 2. The first-order valence-electron chi connectivity index (χ1n) is 9.69. The van der Waals surface area contributed by atoms with Crippen LogP contribution in [0.25, 0.3) is 0 Å². The summed E-state index contributed by atoms with van der Waals surface area (Å²) >= 11 is 0. The van der Waals surface area contributed by atoms with Crippen LogP contribution in [-0.2, 0) is 16.0 Å². The first kappa shape index (κ1) is 17.7. The van der Waals surface area contributed by atoms with Crippen LogP contribution in [0.15, 0.2) is 28.4 Å². The highest BCUT2D eigenvalue weighted by molar-refractivity contribution is 5.97. The molecule has 6 heteroatoms. The third-order valence-electron chi connectivity index (χ3n) is 5.51. The average Bonchev–Trinajstić information content (AvgIpc) is 3.58. The van der Waals surface area contributed by atoms with Gasteiger partial charge in [0, 0.05) is 50.0 Å². The standard InChI is InChI=1S/C21H24N4O2/c1-2-3-11-21(23-24-21)12-10-19(26)22-17-7-8-18-16(13-17)6-9-20(27)25(18)14-15-4-5-15/h1,7-8,13,15H,3-6,9-12,14H2,(H,22,26). The fourth-order valence-electron chi connectivity index (χ4n) is 3.60. The van der Waals surface area contributed by atoms with Gasteiger partial charge in [0.25, 0.3) is 0 Å². The van der Waals surface area contributed by atoms with E-state index in [9.17, 15) is 9.59 Å². The Hall–Kier alpha value is -2.68. The fraction of sp³-hybridized carbons (Fsp3) is 0.524. The summed E-state index contributed by atoms with van der Waals surface area (Å²) in [5.74, 6) is 3.41. The van der Waals surface area contributed by atoms with Crippen molar-refractivity contribution in [2.75, 3.05) is 16.8 Å². The van der Waals surface area contributed by atoms with E-state index in [0.717, 1.165) is 29.9 Å². The van der Waals surface area contributed by atoms with E-state index in [1.807, 2.05) is 23.1 Å². The summed E-state index contributed by atoms with van der Waals surface area (Å²) in [5, 5.41) is 11.1. The number of amides is 2. The number of nitrogens with zero attached hydrogens (tertiary/aromatic N) is 3. The van der Waals surface area contributed by atoms with Gasteiger partial charge in [-0.15, -0.1) is 12.3 Å². The largest absolute Gasteiger partial charge is 0.326 e. The lowest BCUT2D eigenvalue weighted by molar-refractivity contribution is -0.119. The summed E-state index contributed by atoms with van der Waals surface area (Å²) in [4.78, 5) is 26.5. The van der Waals surface area contributed by atoms with Crippen LogP contribution >= 0.6 is 0 Å². The van der Waals surface area contributed by atoms with Gasteiger partial charge in [0.05, 0.1) is 0 Å². The maximum Gasteiger partial charge on any atom is 0.227 e. The summed E-state index contributed by atoms with van der Waals surface area (Å²) in [6, 6.07) is 5.85. The van der Waals surface area contributed by atoms with Gasteiger partial charge in [0.1, 0.15) is 0 Å². The number of fused-ring (bicyclic) bond motifs is 1. The zero-order chi connectivity index (χ0) is 18.9. The summed E-state index contributed by atoms with van der Waals surface area (Å²) in [5.41, 5.74) is 2.48. The van der Waals surface area contributed by atoms with Crippen molar-refractivity contribution in [2.45, 2.75) is 57.0 Å². The summed E-state index contributed by atoms with van der Waals surface area (Å²) in [6.45, 7) is 0.824. The van der Waals surface area contributed by atoms with Crippen molar-refractivity contribution in [3.05, 3.63) is 23.8 Å². The van der Waals surface area contributed by atoms with Crippen molar-refractivity contribution in [1.82, 2.24) is 0 Å². The van der Waals surface area contributed by atoms with Gasteiger partial charge in [0.2, 0.25) is 11.8 Å². The molecule has 1 aromatic carbocycles. The number of benzene rings is 1. The Morgan fingerprint density at radius 3 is 2.81 bits per heavy atom. The Labute approximate surface area is 159 Å². The Morgan fingerprint density at radius 1 is 1.30 bits per heavy atom. The van der Waals surface area contributed by atoms with Gasteiger partial charge >= 0.3 is 0 Å². The Kier molecular flexibility index (Phi) is 4.69. The van der Waals surface area contributed by atoms with Crippen molar-refractivity contribution >= 4 is 23.2 Å². The molecule has 3 aliphatic rings. The lowest BCUT2D eigenvalue weighted by Crippen LogP contribution is -2.36. The molecule has 140 valence electrons. The van der Waals surface area contributed by atoms with Crippen molar-refractivity contribution in [3.8, 4) is 12.3 Å². The van der Waals surface area contributed by atoms with E-state index in [2.05, 4.69) is 21.5 Å². The van der Waals surface area contributed by atoms with E-state index < -0.39 is 5.66 Å². The van der Waals surface area contributed by atoms with Crippen molar-refractivity contribution in [3.63, 3.8) is 0 Å². The van der Waals surface area contributed by atoms with Crippen molar-refractivity contribution < 1.29 is 9.59 Å². The summed E-state index contributed by atoms with van der Waals surface area (Å²) in [7, 11) is 0. The first-order chi connectivity index (χ1) is 13.1. The van der Waals surface area contributed by atoms with E-state index in [0.29, 0.717) is 38.0 Å². The highest BCUT2D eigenvalue weighted by atomic mass is 16.2. The molecule has 27 heavy (non-hydrogen) atoms. The number of carbonyl (C=O) groups is 2. The van der Waals surface area contributed by atoms with E-state index in [4.69, 9.17) is 6.42 Å². The monoisotopic (exact) mass is 364 g/mol. The summed E-state index contributed by atoms with van der Waals surface area (Å²) in [6.07, 6.45) is 11.3. The SMILES string of the molecule is C#CCCC1(CCC(=O)Nc2ccc3c(c2)CCC(=O)N3CC2CC2)N=N1. The topological polar surface area (TPSA) is 74.1 Å². The molecule has 0 bridgehead atoms. The van der Waals surface area contributed by atoms with Crippen LogP contribution in [-0.4, -0.2) is 24.0 Å². The minimum absolute atomic E-state index is 0.0472. The molecule has 4 rings (SSSR count). The third-order valence-corrected chi connectivity index (χ3v) is 5.51. The number of rotatable bonds is 8. The number of terminal acetylenes is 1. The molecular formula is C21H24N4O2. The molecule has 1 aromatic rings. The second-order valence-corrected chi connectivity index (χ2v) is 7.73. The van der Waals surface area contributed by atoms with Crippen molar-refractivity contribution in [1.29, 1.82) is 0 Å². The van der Waals surface area contributed by atoms with E-state index in [1.165, 1.54) is 12.8 Å². The lowest BCUT2D eigenvalue weighted by atomic mass is 9.99. The van der Waals surface area contributed by atoms with Crippen molar-refractivity contribution in [2.24, 2.45) is 16.1 Å². The maximum absolute atomic E-state index is 12.3. The number of hydrogen-bond acceptors (Lipinski definition) is 4. The van der Waals surface area contributed by atoms with Gasteiger partial charge in [-0.1, -0.05) is 0 Å². The molecule has 2 heterocycles. The van der Waals surface area contributed by atoms with Gasteiger partial charge < -0.3 is 10.2 Å². The molecule has 1 fully saturated rings. The van der Waals surface area contributed by atoms with Crippen LogP contribution in [0.1, 0.15) is 50.5 Å². The molecule has 2 aliphatic heterocycles. The normalized spacial score (nSPS) is 19.4. The first-order valence-corrected chi connectivity index (χ1v) is 9.69. The third kappa shape index (κ3) is 4.19. The highest BCUT2D eigenvalue weighted by Crippen LogP contribution is 2.38. The molecule has 0 unspecified atom stereocenters. The van der Waals surface area contributed by atoms with E-state index in [-0.39, 0.29) is 11.8 Å². The maximum atomic E-state index is 12.3. The molecule has 0 atom stereocenters. The fourth-order valence-corrected chi connectivity index (χ4v) is 3.60. The molecule has 0 saturated heterocycles. The van der Waals surface area contributed by atoms with Gasteiger partial charge in [0.15, 0.2) is 5.66 Å². The van der Waals surface area contributed by atoms with E-state index in [1.54, 1.807) is 0 Å². The van der Waals surface area contributed by atoms with Crippen LogP contribution in [0.4, 0.5) is 11.4 Å². The average molecular weight is 364 g/mol. The number of hydrogen-bond donors (Lipinski definition) is 1. The quantitative estimate of drug-likeness (QED) is 0.715. The molecule has 0 radical (unpaired) electrons. The van der Waals surface area contributed by atoms with E-state index >= 15 is 0 Å². The number of aryl methyl sites for hydroxylation is 1. The zero-order valence-electron chi connectivity index (χ0n) is 15.4. The molecule has 1 aliphatic carbocycles. The Bertz CT molecular complexity index is 829. The van der Waals surface area contributed by atoms with Gasteiger partial charge in [-0.3, -0.25) is 9.59 Å². The second-order valence-electron chi connectivity index (χ2n) is 7.73. The molecule has 0 aromatic heterocycles. The van der Waals surface area contributed by atoms with Crippen LogP contribution in [0.3, 0.4) is 0 Å². The molecule has 1 N–H and O–H groups in total. The highest BCUT2D eigenvalue weighted by Gasteiger charge is 2.39. The van der Waals surface area contributed by atoms with Crippen LogP contribution in [0.2, 0.25) is 0 Å². The van der Waals surface area contributed by atoms with Crippen LogP contribution < -0.4 is 10.2 Å². The molecule has 0 spiro atoms. The number of nitrogens with one attached hydrogen (secondary N) is 1. The smallest absolute Gasteiger partial charge is 0.227 e. The molecular weight excluding hydrogens is 340 g/mol. The zero-order valence-corrected chi connectivity index (χ0v) is 15.4. The molecule has 6 nitrogen and oxygen atoms in total. The van der Waals surface area contributed by atoms with Crippen LogP contribution in [0.5, 0.6) is 0 Å². The molecule has 2 amide bonds. The summed E-state index contributed by atoms with van der Waals surface area (Å²) < 4.78 is 0. The molecule has 1 saturated carbocycles. The second kappa shape index (κ2) is 7.15. The van der Waals surface area contributed by atoms with Gasteiger partial charge in [-0.05, 0) is 48.9 Å². The predicted octanol–water partition coefficient (Wildman–Crippen LogP) is 3.67.